The molecule has 1 aromatic carbocycles. The largest absolute Gasteiger partial charge is 0.351 e. The molecule has 116 valence electrons. The third-order valence-electron chi connectivity index (χ3n) is 3.95. The summed E-state index contributed by atoms with van der Waals surface area (Å²) in [5.41, 5.74) is 1.01. The highest BCUT2D eigenvalue weighted by Gasteiger charge is 2.21. The van der Waals surface area contributed by atoms with Crippen molar-refractivity contribution < 1.29 is 14.6 Å². The van der Waals surface area contributed by atoms with Crippen molar-refractivity contribution in [2.75, 3.05) is 46.3 Å². The van der Waals surface area contributed by atoms with Crippen LogP contribution >= 0.6 is 23.2 Å². The van der Waals surface area contributed by atoms with Crippen molar-refractivity contribution in [3.8, 4) is 0 Å². The zero-order valence-corrected chi connectivity index (χ0v) is 13.9. The van der Waals surface area contributed by atoms with Gasteiger partial charge in [-0.2, -0.15) is 0 Å². The van der Waals surface area contributed by atoms with Gasteiger partial charge in [-0.1, -0.05) is 29.3 Å². The second-order valence-electron chi connectivity index (χ2n) is 5.72. The van der Waals surface area contributed by atoms with Crippen molar-refractivity contribution in [1.29, 1.82) is 0 Å². The van der Waals surface area contributed by atoms with Gasteiger partial charge in [-0.3, -0.25) is 4.79 Å². The Balaban J connectivity index is 1.69. The minimum atomic E-state index is 0.120. The number of hydrogen-bond donors (Lipinski definition) is 3. The van der Waals surface area contributed by atoms with Gasteiger partial charge in [-0.15, -0.1) is 0 Å². The highest BCUT2D eigenvalue weighted by Crippen LogP contribution is 2.20. The molecule has 21 heavy (non-hydrogen) atoms. The molecule has 1 heterocycles. The first-order valence-corrected chi connectivity index (χ1v) is 8.15. The monoisotopic (exact) mass is 331 g/mol. The van der Waals surface area contributed by atoms with E-state index in [2.05, 4.69) is 12.4 Å². The molecule has 0 aromatic heterocycles. The molecular formula is C15H23Cl2N3O+2. The van der Waals surface area contributed by atoms with Crippen LogP contribution in [-0.4, -0.2) is 52.2 Å². The summed E-state index contributed by atoms with van der Waals surface area (Å²) in [6.45, 7) is 5.61. The van der Waals surface area contributed by atoms with Gasteiger partial charge in [0.25, 0.3) is 5.91 Å². The van der Waals surface area contributed by atoms with E-state index in [9.17, 15) is 4.79 Å². The van der Waals surface area contributed by atoms with Crippen LogP contribution in [-0.2, 0) is 11.2 Å². The van der Waals surface area contributed by atoms with Gasteiger partial charge < -0.3 is 15.1 Å². The Morgan fingerprint density at radius 2 is 1.95 bits per heavy atom. The highest BCUT2D eigenvalue weighted by atomic mass is 35.5. The summed E-state index contributed by atoms with van der Waals surface area (Å²) in [5, 5.41) is 4.26. The topological polar surface area (TPSA) is 38.0 Å². The Morgan fingerprint density at radius 1 is 1.24 bits per heavy atom. The number of amides is 1. The van der Waals surface area contributed by atoms with Crippen LogP contribution in [0.25, 0.3) is 0 Å². The number of rotatable bonds is 5. The fourth-order valence-corrected chi connectivity index (χ4v) is 3.06. The van der Waals surface area contributed by atoms with Gasteiger partial charge in [-0.05, 0) is 24.1 Å². The first-order chi connectivity index (χ1) is 10.0. The number of carbonyl (C=O) groups excluding carboxylic acids is 1. The van der Waals surface area contributed by atoms with Crippen molar-refractivity contribution in [2.24, 2.45) is 0 Å². The molecular weight excluding hydrogens is 309 g/mol. The molecule has 3 N–H and O–H groups in total. The molecule has 0 aliphatic carbocycles. The quantitative estimate of drug-likeness (QED) is 0.640. The van der Waals surface area contributed by atoms with Crippen LogP contribution < -0.4 is 15.1 Å². The van der Waals surface area contributed by atoms with Crippen molar-refractivity contribution in [2.45, 2.75) is 6.42 Å². The molecule has 0 radical (unpaired) electrons. The van der Waals surface area contributed by atoms with Crippen LogP contribution in [0.2, 0.25) is 10.0 Å². The number of nitrogens with one attached hydrogen (secondary N) is 3. The van der Waals surface area contributed by atoms with Gasteiger partial charge in [0.2, 0.25) is 0 Å². The molecule has 1 aliphatic heterocycles. The van der Waals surface area contributed by atoms with Gasteiger partial charge >= 0.3 is 0 Å². The van der Waals surface area contributed by atoms with E-state index in [4.69, 9.17) is 23.2 Å². The Bertz CT molecular complexity index is 488. The lowest BCUT2D eigenvalue weighted by molar-refractivity contribution is -1.000. The lowest BCUT2D eigenvalue weighted by Crippen LogP contribution is -3.27. The van der Waals surface area contributed by atoms with Crippen LogP contribution in [0.1, 0.15) is 5.56 Å². The molecule has 0 unspecified atom stereocenters. The minimum Gasteiger partial charge on any atom is -0.351 e. The summed E-state index contributed by atoms with van der Waals surface area (Å²) in [6.07, 6.45) is 0.726. The molecule has 0 spiro atoms. The zero-order chi connectivity index (χ0) is 15.2. The van der Waals surface area contributed by atoms with Gasteiger partial charge in [0, 0.05) is 16.6 Å². The molecule has 0 atom stereocenters. The van der Waals surface area contributed by atoms with Gasteiger partial charge in [0.05, 0.1) is 7.05 Å². The zero-order valence-electron chi connectivity index (χ0n) is 12.3. The summed E-state index contributed by atoms with van der Waals surface area (Å²) in [5.74, 6) is 0.120. The number of halogens is 2. The van der Waals surface area contributed by atoms with E-state index in [1.165, 1.54) is 4.90 Å². The van der Waals surface area contributed by atoms with Gasteiger partial charge in [-0.25, -0.2) is 0 Å². The summed E-state index contributed by atoms with van der Waals surface area (Å²) in [7, 11) is 2.20. The molecule has 4 nitrogen and oxygen atoms in total. The number of benzene rings is 1. The first-order valence-electron chi connectivity index (χ1n) is 7.40. The van der Waals surface area contributed by atoms with Crippen LogP contribution in [0, 0.1) is 0 Å². The fraction of sp³-hybridized carbons (Fsp3) is 0.533. The van der Waals surface area contributed by atoms with Crippen LogP contribution in [0.4, 0.5) is 0 Å². The Labute approximate surface area is 136 Å². The third-order valence-corrected chi connectivity index (χ3v) is 4.54. The summed E-state index contributed by atoms with van der Waals surface area (Å²) >= 11 is 12.0. The van der Waals surface area contributed by atoms with Crippen LogP contribution in [0.15, 0.2) is 18.2 Å². The lowest BCUT2D eigenvalue weighted by Gasteiger charge is -2.26. The number of piperazine rings is 1. The van der Waals surface area contributed by atoms with E-state index in [0.717, 1.165) is 38.2 Å². The summed E-state index contributed by atoms with van der Waals surface area (Å²) in [4.78, 5) is 14.9. The highest BCUT2D eigenvalue weighted by molar-refractivity contribution is 6.35. The second-order valence-corrected chi connectivity index (χ2v) is 6.56. The van der Waals surface area contributed by atoms with Crippen molar-refractivity contribution >= 4 is 29.1 Å². The standard InChI is InChI=1S/C15H21Cl2N3O/c1-19-6-8-20(9-7-19)11-15(21)18-5-4-12-2-3-13(16)10-14(12)17/h2-3,10H,4-9,11H2,1H3,(H,18,21)/p+2. The maximum Gasteiger partial charge on any atom is 0.275 e. The van der Waals surface area contributed by atoms with Crippen molar-refractivity contribution in [3.63, 3.8) is 0 Å². The second kappa shape index (κ2) is 7.99. The smallest absolute Gasteiger partial charge is 0.275 e. The average molecular weight is 332 g/mol. The fourth-order valence-electron chi connectivity index (χ4n) is 2.56. The molecule has 6 heteroatoms. The minimum absolute atomic E-state index is 0.120. The van der Waals surface area contributed by atoms with Crippen molar-refractivity contribution in [1.82, 2.24) is 5.32 Å². The molecule has 2 rings (SSSR count). The predicted molar refractivity (Wildman–Crippen MR) is 85.4 cm³/mol. The van der Waals surface area contributed by atoms with Crippen molar-refractivity contribution in [3.05, 3.63) is 33.8 Å². The van der Waals surface area contributed by atoms with E-state index in [0.29, 0.717) is 23.1 Å². The molecule has 1 saturated heterocycles. The van der Waals surface area contributed by atoms with E-state index >= 15 is 0 Å². The van der Waals surface area contributed by atoms with Gasteiger partial charge in [0.1, 0.15) is 26.2 Å². The van der Waals surface area contributed by atoms with E-state index in [1.54, 1.807) is 11.0 Å². The van der Waals surface area contributed by atoms with Crippen LogP contribution in [0.3, 0.4) is 0 Å². The SMILES string of the molecule is C[NH+]1CC[NH+](CC(=O)NCCc2ccc(Cl)cc2Cl)CC1. The van der Waals surface area contributed by atoms with E-state index in [1.807, 2.05) is 12.1 Å². The van der Waals surface area contributed by atoms with E-state index < -0.39 is 0 Å². The number of carbonyl (C=O) groups is 1. The lowest BCUT2D eigenvalue weighted by atomic mass is 10.1. The van der Waals surface area contributed by atoms with Crippen LogP contribution in [0.5, 0.6) is 0 Å². The third kappa shape index (κ3) is 5.47. The first kappa shape index (κ1) is 16.6. The normalized spacial score (nSPS) is 22.0. The summed E-state index contributed by atoms with van der Waals surface area (Å²) < 4.78 is 0. The molecule has 1 amide bonds. The number of hydrogen-bond acceptors (Lipinski definition) is 1. The Morgan fingerprint density at radius 3 is 2.62 bits per heavy atom. The summed E-state index contributed by atoms with van der Waals surface area (Å²) in [6, 6.07) is 5.46. The Kier molecular flexibility index (Phi) is 6.30. The number of quaternary nitrogens is 2. The van der Waals surface area contributed by atoms with E-state index in [-0.39, 0.29) is 5.91 Å². The van der Waals surface area contributed by atoms with Gasteiger partial charge in [0.15, 0.2) is 6.54 Å². The number of likely N-dealkylation sites (N-methyl/N-ethyl adjacent to an activating group) is 1. The molecule has 0 bridgehead atoms. The predicted octanol–water partition coefficient (Wildman–Crippen LogP) is -0.935. The Hall–Kier alpha value is -0.810. The molecule has 1 fully saturated rings. The molecule has 0 saturated carbocycles. The molecule has 1 aliphatic rings. The molecule has 1 aromatic rings. The maximum atomic E-state index is 11.9. The maximum absolute atomic E-state index is 11.9. The average Bonchev–Trinajstić information content (AvgIpc) is 2.44.